The first kappa shape index (κ1) is 17.6. The van der Waals surface area contributed by atoms with Crippen LogP contribution in [-0.4, -0.2) is 17.6 Å². The molecule has 1 unspecified atom stereocenters. The SMILES string of the molecule is CC(Nc1cc(C(F)(F)F)ccc1Cl)C(=O)OC(C)(C)C. The van der Waals surface area contributed by atoms with Gasteiger partial charge in [0.05, 0.1) is 16.3 Å². The number of alkyl halides is 3. The monoisotopic (exact) mass is 323 g/mol. The van der Waals surface area contributed by atoms with Crippen molar-refractivity contribution in [3.05, 3.63) is 28.8 Å². The zero-order valence-corrected chi connectivity index (χ0v) is 12.9. The molecule has 3 nitrogen and oxygen atoms in total. The molecule has 118 valence electrons. The van der Waals surface area contributed by atoms with E-state index in [2.05, 4.69) is 5.32 Å². The summed E-state index contributed by atoms with van der Waals surface area (Å²) in [6.07, 6.45) is -4.48. The molecule has 0 aliphatic heterocycles. The van der Waals surface area contributed by atoms with Gasteiger partial charge in [0.15, 0.2) is 0 Å². The van der Waals surface area contributed by atoms with Gasteiger partial charge in [0, 0.05) is 0 Å². The third kappa shape index (κ3) is 5.46. The van der Waals surface area contributed by atoms with Crippen molar-refractivity contribution in [1.29, 1.82) is 0 Å². The number of hydrogen-bond donors (Lipinski definition) is 1. The molecule has 0 saturated carbocycles. The molecule has 1 aromatic rings. The van der Waals surface area contributed by atoms with Gasteiger partial charge in [-0.2, -0.15) is 13.2 Å². The molecule has 0 aromatic heterocycles. The minimum Gasteiger partial charge on any atom is -0.458 e. The molecule has 0 saturated heterocycles. The van der Waals surface area contributed by atoms with E-state index >= 15 is 0 Å². The summed E-state index contributed by atoms with van der Waals surface area (Å²) in [4.78, 5) is 11.8. The summed E-state index contributed by atoms with van der Waals surface area (Å²) in [5.41, 5.74) is -1.49. The van der Waals surface area contributed by atoms with E-state index in [4.69, 9.17) is 16.3 Å². The number of halogens is 4. The van der Waals surface area contributed by atoms with Crippen molar-refractivity contribution in [2.45, 2.75) is 45.5 Å². The quantitative estimate of drug-likeness (QED) is 0.832. The lowest BCUT2D eigenvalue weighted by molar-refractivity contribution is -0.155. The maximum absolute atomic E-state index is 12.7. The highest BCUT2D eigenvalue weighted by Crippen LogP contribution is 2.34. The van der Waals surface area contributed by atoms with Crippen LogP contribution in [0.1, 0.15) is 33.3 Å². The fourth-order valence-electron chi connectivity index (χ4n) is 1.49. The van der Waals surface area contributed by atoms with Crippen molar-refractivity contribution in [1.82, 2.24) is 0 Å². The molecule has 0 spiro atoms. The summed E-state index contributed by atoms with van der Waals surface area (Å²) in [6.45, 7) is 6.60. The van der Waals surface area contributed by atoms with Crippen LogP contribution in [0.2, 0.25) is 5.02 Å². The Labute approximate surface area is 126 Å². The first-order chi connectivity index (χ1) is 9.40. The number of benzene rings is 1. The van der Waals surface area contributed by atoms with Crippen LogP contribution in [0, 0.1) is 0 Å². The lowest BCUT2D eigenvalue weighted by atomic mass is 10.1. The van der Waals surface area contributed by atoms with Crippen LogP contribution in [0.15, 0.2) is 18.2 Å². The molecule has 21 heavy (non-hydrogen) atoms. The fourth-order valence-corrected chi connectivity index (χ4v) is 1.67. The van der Waals surface area contributed by atoms with E-state index < -0.39 is 29.4 Å². The molecule has 0 amide bonds. The normalized spacial score (nSPS) is 13.7. The number of rotatable bonds is 3. The number of carbonyl (C=O) groups is 1. The Morgan fingerprint density at radius 1 is 1.29 bits per heavy atom. The van der Waals surface area contributed by atoms with Gasteiger partial charge in [-0.15, -0.1) is 0 Å². The summed E-state index contributed by atoms with van der Waals surface area (Å²) in [5, 5.41) is 2.73. The van der Waals surface area contributed by atoms with Gasteiger partial charge in [-0.25, -0.2) is 4.79 Å². The van der Waals surface area contributed by atoms with Gasteiger partial charge >= 0.3 is 12.1 Å². The lowest BCUT2D eigenvalue weighted by Gasteiger charge is -2.23. The molecule has 1 rings (SSSR count). The maximum atomic E-state index is 12.7. The fraction of sp³-hybridized carbons (Fsp3) is 0.500. The summed E-state index contributed by atoms with van der Waals surface area (Å²) < 4.78 is 43.1. The Bertz CT molecular complexity index is 524. The zero-order valence-electron chi connectivity index (χ0n) is 12.1. The first-order valence-electron chi connectivity index (χ1n) is 6.26. The van der Waals surface area contributed by atoms with E-state index in [1.807, 2.05) is 0 Å². The van der Waals surface area contributed by atoms with Gasteiger partial charge in [0.1, 0.15) is 11.6 Å². The molecule has 0 aliphatic carbocycles. The molecule has 0 aliphatic rings. The van der Waals surface area contributed by atoms with Gasteiger partial charge in [-0.1, -0.05) is 11.6 Å². The number of hydrogen-bond acceptors (Lipinski definition) is 3. The van der Waals surface area contributed by atoms with Crippen molar-refractivity contribution in [2.24, 2.45) is 0 Å². The second-order valence-corrected chi connectivity index (χ2v) is 6.00. The minimum absolute atomic E-state index is 0.0323. The summed E-state index contributed by atoms with van der Waals surface area (Å²) in [6, 6.07) is 2.05. The van der Waals surface area contributed by atoms with Gasteiger partial charge in [-0.05, 0) is 45.9 Å². The molecule has 1 N–H and O–H groups in total. The molecule has 0 radical (unpaired) electrons. The van der Waals surface area contributed by atoms with Crippen LogP contribution in [0.25, 0.3) is 0 Å². The minimum atomic E-state index is -4.48. The third-order valence-corrected chi connectivity index (χ3v) is 2.76. The van der Waals surface area contributed by atoms with Gasteiger partial charge < -0.3 is 10.1 Å². The summed E-state index contributed by atoms with van der Waals surface area (Å²) >= 11 is 5.85. The van der Waals surface area contributed by atoms with Crippen LogP contribution in [0.4, 0.5) is 18.9 Å². The predicted molar refractivity (Wildman–Crippen MR) is 75.4 cm³/mol. The Hall–Kier alpha value is -1.43. The van der Waals surface area contributed by atoms with Gasteiger partial charge in [0.2, 0.25) is 0 Å². The standard InChI is InChI=1S/C14H17ClF3NO2/c1-8(12(20)21-13(2,3)4)19-11-7-9(14(16,17)18)5-6-10(11)15/h5-8,19H,1-4H3. The van der Waals surface area contributed by atoms with Crippen molar-refractivity contribution in [3.8, 4) is 0 Å². The topological polar surface area (TPSA) is 38.3 Å². The second kappa shape index (κ2) is 6.13. The maximum Gasteiger partial charge on any atom is 0.416 e. The van der Waals surface area contributed by atoms with E-state index in [0.29, 0.717) is 0 Å². The second-order valence-electron chi connectivity index (χ2n) is 5.59. The van der Waals surface area contributed by atoms with E-state index in [-0.39, 0.29) is 10.7 Å². The smallest absolute Gasteiger partial charge is 0.416 e. The van der Waals surface area contributed by atoms with Crippen LogP contribution in [-0.2, 0) is 15.7 Å². The Morgan fingerprint density at radius 2 is 1.86 bits per heavy atom. The highest BCUT2D eigenvalue weighted by Gasteiger charge is 2.31. The first-order valence-corrected chi connectivity index (χ1v) is 6.64. The highest BCUT2D eigenvalue weighted by atomic mass is 35.5. The van der Waals surface area contributed by atoms with Crippen molar-refractivity contribution < 1.29 is 22.7 Å². The van der Waals surface area contributed by atoms with Crippen molar-refractivity contribution in [2.75, 3.05) is 5.32 Å². The average molecular weight is 324 g/mol. The van der Waals surface area contributed by atoms with E-state index in [0.717, 1.165) is 18.2 Å². The van der Waals surface area contributed by atoms with E-state index in [1.54, 1.807) is 20.8 Å². The van der Waals surface area contributed by atoms with Crippen molar-refractivity contribution >= 4 is 23.3 Å². The third-order valence-electron chi connectivity index (χ3n) is 2.43. The summed E-state index contributed by atoms with van der Waals surface area (Å²) in [7, 11) is 0. The Balaban J connectivity index is 2.90. The predicted octanol–water partition coefficient (Wildman–Crippen LogP) is 4.50. The molecule has 0 fully saturated rings. The Kier molecular flexibility index (Phi) is 5.15. The van der Waals surface area contributed by atoms with Crippen LogP contribution in [0.5, 0.6) is 0 Å². The number of anilines is 1. The molecular weight excluding hydrogens is 307 g/mol. The van der Waals surface area contributed by atoms with Gasteiger partial charge in [0.25, 0.3) is 0 Å². The molecule has 1 atom stereocenters. The zero-order chi connectivity index (χ0) is 16.4. The molecular formula is C14H17ClF3NO2. The average Bonchev–Trinajstić information content (AvgIpc) is 2.28. The van der Waals surface area contributed by atoms with Crippen LogP contribution >= 0.6 is 11.6 Å². The number of esters is 1. The van der Waals surface area contributed by atoms with E-state index in [9.17, 15) is 18.0 Å². The Morgan fingerprint density at radius 3 is 2.33 bits per heavy atom. The molecule has 1 aromatic carbocycles. The molecule has 7 heteroatoms. The highest BCUT2D eigenvalue weighted by molar-refractivity contribution is 6.33. The number of nitrogens with one attached hydrogen (secondary N) is 1. The number of ether oxygens (including phenoxy) is 1. The number of carbonyl (C=O) groups excluding carboxylic acids is 1. The van der Waals surface area contributed by atoms with Gasteiger partial charge in [-0.3, -0.25) is 0 Å². The lowest BCUT2D eigenvalue weighted by Crippen LogP contribution is -2.34. The van der Waals surface area contributed by atoms with E-state index in [1.165, 1.54) is 6.92 Å². The largest absolute Gasteiger partial charge is 0.458 e. The van der Waals surface area contributed by atoms with Crippen LogP contribution in [0.3, 0.4) is 0 Å². The van der Waals surface area contributed by atoms with Crippen LogP contribution < -0.4 is 5.32 Å². The summed E-state index contributed by atoms with van der Waals surface area (Å²) in [5.74, 6) is -0.573. The van der Waals surface area contributed by atoms with Crippen molar-refractivity contribution in [3.63, 3.8) is 0 Å². The molecule has 0 heterocycles. The molecule has 0 bridgehead atoms.